The van der Waals surface area contributed by atoms with Crippen LogP contribution in [0.4, 0.5) is 0 Å². The molecule has 1 saturated heterocycles. The maximum atomic E-state index is 5.75. The molecule has 3 N–H and O–H groups in total. The Balaban J connectivity index is 1.64. The number of aromatic nitrogens is 1. The number of benzene rings is 1. The fraction of sp³-hybridized carbons (Fsp3) is 0.533. The van der Waals surface area contributed by atoms with Crippen LogP contribution in [0.5, 0.6) is 0 Å². The third-order valence-corrected chi connectivity index (χ3v) is 6.06. The standard InChI is InChI=1S/C15H21N3S2/c16-18-12(9-11-5-7-19-8-6-11)10-15-17-13-3-1-2-4-14(13)20-15/h1-4,11-12,18H,5-10,16H2. The fourth-order valence-corrected chi connectivity index (χ4v) is 5.06. The Morgan fingerprint density at radius 1 is 1.30 bits per heavy atom. The highest BCUT2D eigenvalue weighted by molar-refractivity contribution is 7.99. The highest BCUT2D eigenvalue weighted by Crippen LogP contribution is 2.28. The number of rotatable bonds is 5. The molecule has 108 valence electrons. The SMILES string of the molecule is NNC(Cc1nc2ccccc2s1)CC1CCSCC1. The Labute approximate surface area is 128 Å². The molecule has 2 heterocycles. The lowest BCUT2D eigenvalue weighted by Gasteiger charge is -2.25. The van der Waals surface area contributed by atoms with E-state index in [0.29, 0.717) is 6.04 Å². The smallest absolute Gasteiger partial charge is 0.0954 e. The van der Waals surface area contributed by atoms with Crippen LogP contribution in [0.3, 0.4) is 0 Å². The van der Waals surface area contributed by atoms with E-state index in [2.05, 4.69) is 35.4 Å². The minimum atomic E-state index is 0.351. The van der Waals surface area contributed by atoms with Gasteiger partial charge in [-0.05, 0) is 48.8 Å². The van der Waals surface area contributed by atoms with Crippen molar-refractivity contribution in [3.63, 3.8) is 0 Å². The van der Waals surface area contributed by atoms with Gasteiger partial charge < -0.3 is 0 Å². The number of nitrogens with zero attached hydrogens (tertiary/aromatic N) is 1. The van der Waals surface area contributed by atoms with Crippen LogP contribution in [0.2, 0.25) is 0 Å². The van der Waals surface area contributed by atoms with Crippen molar-refractivity contribution in [2.45, 2.75) is 31.7 Å². The van der Waals surface area contributed by atoms with Crippen molar-refractivity contribution in [1.82, 2.24) is 10.4 Å². The number of nitrogens with one attached hydrogen (secondary N) is 1. The van der Waals surface area contributed by atoms with Gasteiger partial charge in [0.05, 0.1) is 15.2 Å². The minimum Gasteiger partial charge on any atom is -0.271 e. The van der Waals surface area contributed by atoms with Crippen molar-refractivity contribution >= 4 is 33.3 Å². The molecule has 1 unspecified atom stereocenters. The van der Waals surface area contributed by atoms with E-state index in [4.69, 9.17) is 10.8 Å². The minimum absolute atomic E-state index is 0.351. The highest BCUT2D eigenvalue weighted by atomic mass is 32.2. The van der Waals surface area contributed by atoms with Gasteiger partial charge in [0.15, 0.2) is 0 Å². The van der Waals surface area contributed by atoms with E-state index < -0.39 is 0 Å². The molecule has 5 heteroatoms. The maximum absolute atomic E-state index is 5.75. The summed E-state index contributed by atoms with van der Waals surface area (Å²) in [7, 11) is 0. The molecule has 3 nitrogen and oxygen atoms in total. The second-order valence-corrected chi connectivity index (χ2v) is 7.77. The molecule has 0 aliphatic carbocycles. The van der Waals surface area contributed by atoms with Gasteiger partial charge in [-0.15, -0.1) is 11.3 Å². The van der Waals surface area contributed by atoms with E-state index >= 15 is 0 Å². The Morgan fingerprint density at radius 3 is 2.85 bits per heavy atom. The lowest BCUT2D eigenvalue weighted by atomic mass is 9.93. The van der Waals surface area contributed by atoms with Crippen LogP contribution in [0, 0.1) is 5.92 Å². The number of hydrazine groups is 1. The zero-order valence-electron chi connectivity index (χ0n) is 11.5. The van der Waals surface area contributed by atoms with Crippen LogP contribution in [-0.4, -0.2) is 22.5 Å². The number of hydrogen-bond donors (Lipinski definition) is 2. The van der Waals surface area contributed by atoms with E-state index in [1.807, 2.05) is 6.07 Å². The maximum Gasteiger partial charge on any atom is 0.0954 e. The van der Waals surface area contributed by atoms with Gasteiger partial charge in [-0.25, -0.2) is 4.98 Å². The average Bonchev–Trinajstić information content (AvgIpc) is 2.90. The van der Waals surface area contributed by atoms with Gasteiger partial charge in [0, 0.05) is 12.5 Å². The van der Waals surface area contributed by atoms with Gasteiger partial charge in [-0.2, -0.15) is 11.8 Å². The first-order chi connectivity index (χ1) is 9.85. The van der Waals surface area contributed by atoms with Crippen LogP contribution in [-0.2, 0) is 6.42 Å². The Morgan fingerprint density at radius 2 is 2.10 bits per heavy atom. The van der Waals surface area contributed by atoms with E-state index in [0.717, 1.165) is 17.9 Å². The number of thiazole rings is 1. The highest BCUT2D eigenvalue weighted by Gasteiger charge is 2.19. The molecule has 1 atom stereocenters. The van der Waals surface area contributed by atoms with Crippen molar-refractivity contribution < 1.29 is 0 Å². The summed E-state index contributed by atoms with van der Waals surface area (Å²) in [6.45, 7) is 0. The molecule has 2 aromatic rings. The zero-order chi connectivity index (χ0) is 13.8. The predicted octanol–water partition coefficient (Wildman–Crippen LogP) is 3.20. The first kappa shape index (κ1) is 14.3. The number of nitrogens with two attached hydrogens (primary N) is 1. The van der Waals surface area contributed by atoms with Crippen LogP contribution in [0.25, 0.3) is 10.2 Å². The van der Waals surface area contributed by atoms with E-state index in [9.17, 15) is 0 Å². The summed E-state index contributed by atoms with van der Waals surface area (Å²) in [4.78, 5) is 4.71. The summed E-state index contributed by atoms with van der Waals surface area (Å²) < 4.78 is 1.27. The van der Waals surface area contributed by atoms with E-state index in [1.165, 1.54) is 40.5 Å². The normalized spacial score (nSPS) is 18.4. The molecule has 1 aromatic heterocycles. The van der Waals surface area contributed by atoms with Crippen LogP contribution in [0.15, 0.2) is 24.3 Å². The van der Waals surface area contributed by atoms with Crippen molar-refractivity contribution in [2.75, 3.05) is 11.5 Å². The lowest BCUT2D eigenvalue weighted by molar-refractivity contribution is 0.365. The molecule has 1 aliphatic heterocycles. The summed E-state index contributed by atoms with van der Waals surface area (Å²) in [5, 5.41) is 1.19. The third kappa shape index (κ3) is 3.52. The predicted molar refractivity (Wildman–Crippen MR) is 89.1 cm³/mol. The van der Waals surface area contributed by atoms with E-state index in [-0.39, 0.29) is 0 Å². The van der Waals surface area contributed by atoms with Crippen molar-refractivity contribution in [3.05, 3.63) is 29.3 Å². The van der Waals surface area contributed by atoms with Gasteiger partial charge >= 0.3 is 0 Å². The fourth-order valence-electron chi connectivity index (χ4n) is 2.81. The van der Waals surface area contributed by atoms with Crippen LogP contribution >= 0.6 is 23.1 Å². The molecular formula is C15H21N3S2. The topological polar surface area (TPSA) is 50.9 Å². The van der Waals surface area contributed by atoms with Gasteiger partial charge in [0.1, 0.15) is 0 Å². The Bertz CT molecular complexity index is 516. The van der Waals surface area contributed by atoms with Crippen molar-refractivity contribution in [2.24, 2.45) is 11.8 Å². The summed E-state index contributed by atoms with van der Waals surface area (Å²) in [5.74, 6) is 9.20. The Hall–Kier alpha value is -0.620. The molecular weight excluding hydrogens is 286 g/mol. The molecule has 3 rings (SSSR count). The Kier molecular flexibility index (Phi) is 4.94. The molecule has 0 radical (unpaired) electrons. The molecule has 0 amide bonds. The van der Waals surface area contributed by atoms with Gasteiger partial charge in [0.25, 0.3) is 0 Å². The number of thioether (sulfide) groups is 1. The van der Waals surface area contributed by atoms with Gasteiger partial charge in [0.2, 0.25) is 0 Å². The number of para-hydroxylation sites is 1. The molecule has 1 aliphatic rings. The lowest BCUT2D eigenvalue weighted by Crippen LogP contribution is -2.38. The molecule has 0 bridgehead atoms. The van der Waals surface area contributed by atoms with Gasteiger partial charge in [-0.3, -0.25) is 11.3 Å². The first-order valence-corrected chi connectivity index (χ1v) is 9.20. The second kappa shape index (κ2) is 6.89. The molecule has 0 spiro atoms. The van der Waals surface area contributed by atoms with Gasteiger partial charge in [-0.1, -0.05) is 12.1 Å². The summed E-state index contributed by atoms with van der Waals surface area (Å²) in [6.07, 6.45) is 4.79. The molecule has 1 fully saturated rings. The van der Waals surface area contributed by atoms with Crippen molar-refractivity contribution in [3.8, 4) is 0 Å². The quantitative estimate of drug-likeness (QED) is 0.658. The largest absolute Gasteiger partial charge is 0.271 e. The molecule has 1 aromatic carbocycles. The number of fused-ring (bicyclic) bond motifs is 1. The van der Waals surface area contributed by atoms with Crippen LogP contribution in [0.1, 0.15) is 24.3 Å². The van der Waals surface area contributed by atoms with E-state index in [1.54, 1.807) is 11.3 Å². The average molecular weight is 307 g/mol. The summed E-state index contributed by atoms with van der Waals surface area (Å²) in [6, 6.07) is 8.69. The first-order valence-electron chi connectivity index (χ1n) is 7.23. The summed E-state index contributed by atoms with van der Waals surface area (Å²) in [5.41, 5.74) is 4.11. The van der Waals surface area contributed by atoms with Crippen LogP contribution < -0.4 is 11.3 Å². The molecule has 20 heavy (non-hydrogen) atoms. The molecule has 0 saturated carbocycles. The monoisotopic (exact) mass is 307 g/mol. The zero-order valence-corrected chi connectivity index (χ0v) is 13.2. The number of hydrogen-bond acceptors (Lipinski definition) is 5. The van der Waals surface area contributed by atoms with Crippen molar-refractivity contribution in [1.29, 1.82) is 0 Å². The second-order valence-electron chi connectivity index (χ2n) is 5.43. The summed E-state index contributed by atoms with van der Waals surface area (Å²) >= 11 is 3.87. The third-order valence-electron chi connectivity index (χ3n) is 3.95.